The maximum Gasteiger partial charge on any atom is 0.141 e. The lowest BCUT2D eigenvalue weighted by Crippen LogP contribution is -2.12. The van der Waals surface area contributed by atoms with Gasteiger partial charge in [-0.15, -0.1) is 0 Å². The van der Waals surface area contributed by atoms with Gasteiger partial charge in [0, 0.05) is 16.0 Å². The largest absolute Gasteiger partial charge is 0.382 e. The average molecular weight is 271 g/mol. The number of nitrogens with one attached hydrogen (secondary N) is 1. The smallest absolute Gasteiger partial charge is 0.141 e. The van der Waals surface area contributed by atoms with Gasteiger partial charge in [-0.3, -0.25) is 10.4 Å². The Labute approximate surface area is 117 Å². The van der Waals surface area contributed by atoms with Crippen LogP contribution >= 0.6 is 11.8 Å². The normalized spacial score (nSPS) is 10.7. The first-order valence-corrected chi connectivity index (χ1v) is 6.96. The molecule has 0 unspecified atom stereocenters. The molecular weight excluding hydrogens is 254 g/mol. The number of aromatic nitrogens is 1. The third-order valence-electron chi connectivity index (χ3n) is 2.79. The van der Waals surface area contributed by atoms with Crippen LogP contribution in [0.15, 0.2) is 52.4 Å². The Kier molecular flexibility index (Phi) is 4.22. The zero-order chi connectivity index (χ0) is 13.8. The van der Waals surface area contributed by atoms with E-state index in [0.717, 1.165) is 4.90 Å². The summed E-state index contributed by atoms with van der Waals surface area (Å²) in [4.78, 5) is 6.38. The second-order valence-electron chi connectivity index (χ2n) is 4.62. The van der Waals surface area contributed by atoms with Gasteiger partial charge in [0.2, 0.25) is 0 Å². The fraction of sp³-hybridized carbons (Fsp3) is 0.200. The van der Waals surface area contributed by atoms with E-state index in [4.69, 9.17) is 11.1 Å². The van der Waals surface area contributed by atoms with Crippen LogP contribution in [0.1, 0.15) is 31.0 Å². The first kappa shape index (κ1) is 13.6. The summed E-state index contributed by atoms with van der Waals surface area (Å²) >= 11 is 1.65. The van der Waals surface area contributed by atoms with Gasteiger partial charge >= 0.3 is 0 Å². The topological polar surface area (TPSA) is 62.8 Å². The second-order valence-corrected chi connectivity index (χ2v) is 5.77. The molecule has 0 atom stereocenters. The molecular formula is C15H17N3S. The van der Waals surface area contributed by atoms with Crippen LogP contribution in [-0.2, 0) is 0 Å². The van der Waals surface area contributed by atoms with Crippen LogP contribution < -0.4 is 5.73 Å². The molecule has 2 rings (SSSR count). The Hall–Kier alpha value is -1.81. The Balaban J connectivity index is 2.10. The van der Waals surface area contributed by atoms with E-state index in [1.54, 1.807) is 24.0 Å². The van der Waals surface area contributed by atoms with Crippen LogP contribution in [0.25, 0.3) is 0 Å². The van der Waals surface area contributed by atoms with Crippen LogP contribution in [0.4, 0.5) is 0 Å². The Morgan fingerprint density at radius 1 is 1.11 bits per heavy atom. The van der Waals surface area contributed by atoms with E-state index >= 15 is 0 Å². The average Bonchev–Trinajstić information content (AvgIpc) is 2.40. The van der Waals surface area contributed by atoms with Crippen molar-refractivity contribution in [1.82, 2.24) is 4.98 Å². The number of hydrogen-bond acceptors (Lipinski definition) is 3. The molecule has 3 N–H and O–H groups in total. The zero-order valence-corrected chi connectivity index (χ0v) is 11.9. The van der Waals surface area contributed by atoms with Crippen LogP contribution in [0.3, 0.4) is 0 Å². The third kappa shape index (κ3) is 3.58. The minimum Gasteiger partial charge on any atom is -0.382 e. The molecule has 19 heavy (non-hydrogen) atoms. The van der Waals surface area contributed by atoms with E-state index in [0.29, 0.717) is 11.6 Å². The van der Waals surface area contributed by atoms with Crippen LogP contribution in [0.5, 0.6) is 0 Å². The standard InChI is InChI=1S/C15H17N3S/c1-10(2)11-3-5-12(6-4-11)19-13-7-8-14(15(16)17)18-9-13/h3-10H,1-2H3,(H3,16,17). The number of amidine groups is 1. The molecule has 0 saturated heterocycles. The highest BCUT2D eigenvalue weighted by molar-refractivity contribution is 7.99. The molecule has 4 heteroatoms. The Morgan fingerprint density at radius 2 is 1.74 bits per heavy atom. The molecule has 3 nitrogen and oxygen atoms in total. The van der Waals surface area contributed by atoms with Crippen molar-refractivity contribution >= 4 is 17.6 Å². The van der Waals surface area contributed by atoms with Gasteiger partial charge in [0.15, 0.2) is 0 Å². The summed E-state index contributed by atoms with van der Waals surface area (Å²) in [7, 11) is 0. The van der Waals surface area contributed by atoms with E-state index in [9.17, 15) is 0 Å². The molecule has 1 heterocycles. The van der Waals surface area contributed by atoms with E-state index in [1.165, 1.54) is 10.5 Å². The Morgan fingerprint density at radius 3 is 2.21 bits per heavy atom. The molecule has 0 aliphatic heterocycles. The monoisotopic (exact) mass is 271 g/mol. The minimum absolute atomic E-state index is 0.00200. The maximum absolute atomic E-state index is 7.30. The summed E-state index contributed by atoms with van der Waals surface area (Å²) in [6, 6.07) is 12.3. The number of nitrogens with zero attached hydrogens (tertiary/aromatic N) is 1. The highest BCUT2D eigenvalue weighted by Crippen LogP contribution is 2.28. The molecule has 0 saturated carbocycles. The van der Waals surface area contributed by atoms with Crippen molar-refractivity contribution in [2.45, 2.75) is 29.6 Å². The Bertz CT molecular complexity index is 559. The summed E-state index contributed by atoms with van der Waals surface area (Å²) in [5, 5.41) is 7.30. The predicted octanol–water partition coefficient (Wildman–Crippen LogP) is 3.64. The number of hydrogen-bond donors (Lipinski definition) is 2. The van der Waals surface area contributed by atoms with E-state index in [1.807, 2.05) is 6.07 Å². The van der Waals surface area contributed by atoms with Crippen molar-refractivity contribution in [3.63, 3.8) is 0 Å². The number of benzene rings is 1. The quantitative estimate of drug-likeness (QED) is 0.659. The SMILES string of the molecule is CC(C)c1ccc(Sc2ccc(C(=N)N)nc2)cc1. The number of nitrogens with two attached hydrogens (primary N) is 1. The first-order valence-electron chi connectivity index (χ1n) is 6.14. The summed E-state index contributed by atoms with van der Waals surface area (Å²) in [6.45, 7) is 4.37. The molecule has 0 spiro atoms. The fourth-order valence-corrected chi connectivity index (χ4v) is 2.44. The molecule has 98 valence electrons. The minimum atomic E-state index is -0.00200. The van der Waals surface area contributed by atoms with Crippen molar-refractivity contribution < 1.29 is 0 Å². The predicted molar refractivity (Wildman–Crippen MR) is 79.9 cm³/mol. The lowest BCUT2D eigenvalue weighted by atomic mass is 10.0. The van der Waals surface area contributed by atoms with Crippen LogP contribution in [0.2, 0.25) is 0 Å². The summed E-state index contributed by atoms with van der Waals surface area (Å²) < 4.78 is 0. The summed E-state index contributed by atoms with van der Waals surface area (Å²) in [6.07, 6.45) is 1.75. The zero-order valence-electron chi connectivity index (χ0n) is 11.1. The van der Waals surface area contributed by atoms with Crippen molar-refractivity contribution in [3.05, 3.63) is 53.9 Å². The molecule has 0 amide bonds. The van der Waals surface area contributed by atoms with Crippen molar-refractivity contribution in [2.75, 3.05) is 0 Å². The van der Waals surface area contributed by atoms with Gasteiger partial charge in [0.1, 0.15) is 11.5 Å². The third-order valence-corrected chi connectivity index (χ3v) is 3.78. The first-order chi connectivity index (χ1) is 9.06. The summed E-state index contributed by atoms with van der Waals surface area (Å²) in [5.41, 5.74) is 7.23. The van der Waals surface area contributed by atoms with Gasteiger partial charge in [-0.1, -0.05) is 37.7 Å². The molecule has 1 aromatic carbocycles. The molecule has 1 aromatic heterocycles. The number of pyridine rings is 1. The van der Waals surface area contributed by atoms with Crippen LogP contribution in [-0.4, -0.2) is 10.8 Å². The fourth-order valence-electron chi connectivity index (χ4n) is 1.66. The van der Waals surface area contributed by atoms with E-state index in [-0.39, 0.29) is 5.84 Å². The van der Waals surface area contributed by atoms with Gasteiger partial charge in [0.25, 0.3) is 0 Å². The summed E-state index contributed by atoms with van der Waals surface area (Å²) in [5.74, 6) is 0.549. The molecule has 0 fully saturated rings. The number of rotatable bonds is 4. The number of nitrogen functional groups attached to an aromatic ring is 1. The van der Waals surface area contributed by atoms with Gasteiger partial charge in [-0.05, 0) is 35.7 Å². The van der Waals surface area contributed by atoms with Gasteiger partial charge in [0.05, 0.1) is 0 Å². The second kappa shape index (κ2) is 5.89. The van der Waals surface area contributed by atoms with Crippen molar-refractivity contribution in [3.8, 4) is 0 Å². The lowest BCUT2D eigenvalue weighted by Gasteiger charge is -2.07. The molecule has 0 radical (unpaired) electrons. The molecule has 2 aromatic rings. The van der Waals surface area contributed by atoms with Crippen LogP contribution in [0, 0.1) is 5.41 Å². The van der Waals surface area contributed by atoms with Gasteiger partial charge in [-0.25, -0.2) is 0 Å². The molecule has 0 aliphatic carbocycles. The maximum atomic E-state index is 7.30. The van der Waals surface area contributed by atoms with E-state index in [2.05, 4.69) is 43.1 Å². The lowest BCUT2D eigenvalue weighted by molar-refractivity contribution is 0.865. The molecule has 0 aliphatic rings. The van der Waals surface area contributed by atoms with Crippen molar-refractivity contribution in [1.29, 1.82) is 5.41 Å². The highest BCUT2D eigenvalue weighted by Gasteiger charge is 2.02. The highest BCUT2D eigenvalue weighted by atomic mass is 32.2. The molecule has 0 bridgehead atoms. The van der Waals surface area contributed by atoms with E-state index < -0.39 is 0 Å². The van der Waals surface area contributed by atoms with Gasteiger partial charge in [-0.2, -0.15) is 0 Å². The van der Waals surface area contributed by atoms with Gasteiger partial charge < -0.3 is 5.73 Å². The van der Waals surface area contributed by atoms with Crippen molar-refractivity contribution in [2.24, 2.45) is 5.73 Å².